The number of fused-ring (bicyclic) bond motifs is 6. The van der Waals surface area contributed by atoms with Crippen LogP contribution in [-0.2, 0) is 0 Å². The van der Waals surface area contributed by atoms with Crippen LogP contribution in [0.15, 0.2) is 75.6 Å². The lowest BCUT2D eigenvalue weighted by atomic mass is 9.93. The zero-order valence-electron chi connectivity index (χ0n) is 15.2. The second-order valence-corrected chi connectivity index (χ2v) is 8.33. The van der Waals surface area contributed by atoms with Gasteiger partial charge in [0, 0.05) is 15.2 Å². The number of hydrogen-bond donors (Lipinski definition) is 0. The van der Waals surface area contributed by atoms with E-state index in [4.69, 9.17) is 4.42 Å². The maximum atomic E-state index is 6.04. The first-order valence-electron chi connectivity index (χ1n) is 9.62. The predicted octanol–water partition coefficient (Wildman–Crippen LogP) is 6.52. The minimum absolute atomic E-state index is 0.925. The van der Waals surface area contributed by atoms with Crippen molar-refractivity contribution in [2.75, 3.05) is 0 Å². The minimum atomic E-state index is 0.925. The van der Waals surface area contributed by atoms with Gasteiger partial charge in [0.05, 0.1) is 0 Å². The molecule has 6 rings (SSSR count). The Labute approximate surface area is 170 Å². The average molecular weight is 425 g/mol. The van der Waals surface area contributed by atoms with E-state index < -0.39 is 0 Å². The van der Waals surface area contributed by atoms with Crippen LogP contribution in [0.4, 0.5) is 0 Å². The summed E-state index contributed by atoms with van der Waals surface area (Å²) < 4.78 is 7.11. The highest BCUT2D eigenvalue weighted by Gasteiger charge is 2.12. The number of furan rings is 1. The molecule has 28 heavy (non-hydrogen) atoms. The molecule has 0 aliphatic heterocycles. The SMILES string of the molecule is Brc1ccc2oc3ccc(-c4cc5c(c6ccccc46)=CCCC=5)cc3c2c1. The van der Waals surface area contributed by atoms with Gasteiger partial charge in [-0.05, 0) is 81.6 Å². The molecule has 0 saturated heterocycles. The molecule has 1 aliphatic rings. The van der Waals surface area contributed by atoms with Crippen LogP contribution < -0.4 is 10.4 Å². The first-order chi connectivity index (χ1) is 13.8. The van der Waals surface area contributed by atoms with Crippen molar-refractivity contribution in [3.05, 3.63) is 81.6 Å². The molecule has 1 nitrogen and oxygen atoms in total. The lowest BCUT2D eigenvalue weighted by Gasteiger charge is -2.11. The summed E-state index contributed by atoms with van der Waals surface area (Å²) in [5.74, 6) is 0. The van der Waals surface area contributed by atoms with Crippen molar-refractivity contribution in [1.29, 1.82) is 0 Å². The van der Waals surface area contributed by atoms with Gasteiger partial charge in [0.2, 0.25) is 0 Å². The normalized spacial score (nSPS) is 13.5. The second kappa shape index (κ2) is 6.08. The molecule has 1 heterocycles. The van der Waals surface area contributed by atoms with E-state index in [9.17, 15) is 0 Å². The predicted molar refractivity (Wildman–Crippen MR) is 122 cm³/mol. The monoisotopic (exact) mass is 424 g/mol. The Kier molecular flexibility index (Phi) is 3.51. The van der Waals surface area contributed by atoms with Gasteiger partial charge in [-0.2, -0.15) is 0 Å². The highest BCUT2D eigenvalue weighted by Crippen LogP contribution is 2.35. The zero-order chi connectivity index (χ0) is 18.7. The van der Waals surface area contributed by atoms with Crippen LogP contribution in [0.5, 0.6) is 0 Å². The molecule has 0 atom stereocenters. The van der Waals surface area contributed by atoms with Crippen LogP contribution in [0.2, 0.25) is 0 Å². The molecule has 134 valence electrons. The Hall–Kier alpha value is -2.84. The number of halogens is 1. The van der Waals surface area contributed by atoms with Gasteiger partial charge in [0.15, 0.2) is 0 Å². The van der Waals surface area contributed by atoms with E-state index in [1.807, 2.05) is 12.1 Å². The third-order valence-electron chi connectivity index (χ3n) is 5.74. The molecule has 2 heteroatoms. The smallest absolute Gasteiger partial charge is 0.135 e. The Morgan fingerprint density at radius 1 is 0.679 bits per heavy atom. The fourth-order valence-electron chi connectivity index (χ4n) is 4.44. The molecule has 0 spiro atoms. The van der Waals surface area contributed by atoms with Gasteiger partial charge >= 0.3 is 0 Å². The van der Waals surface area contributed by atoms with E-state index in [1.165, 1.54) is 32.3 Å². The van der Waals surface area contributed by atoms with Crippen LogP contribution in [0.1, 0.15) is 12.8 Å². The van der Waals surface area contributed by atoms with E-state index >= 15 is 0 Å². The molecule has 0 N–H and O–H groups in total. The zero-order valence-corrected chi connectivity index (χ0v) is 16.8. The molecular weight excluding hydrogens is 408 g/mol. The van der Waals surface area contributed by atoms with E-state index in [0.29, 0.717) is 0 Å². The van der Waals surface area contributed by atoms with Crippen molar-refractivity contribution >= 4 is 60.8 Å². The molecule has 0 unspecified atom stereocenters. The van der Waals surface area contributed by atoms with E-state index in [1.54, 1.807) is 0 Å². The summed E-state index contributed by atoms with van der Waals surface area (Å²) in [6, 6.07) is 23.8. The van der Waals surface area contributed by atoms with E-state index in [2.05, 4.69) is 82.7 Å². The molecule has 0 saturated carbocycles. The first kappa shape index (κ1) is 16.1. The van der Waals surface area contributed by atoms with Crippen LogP contribution >= 0.6 is 15.9 Å². The van der Waals surface area contributed by atoms with Gasteiger partial charge in [0.1, 0.15) is 11.2 Å². The largest absolute Gasteiger partial charge is 0.456 e. The standard InChI is InChI=1S/C26H17BrO/c27-18-10-12-26-24(15-18)23-14-17(9-11-25(23)28-26)22-13-16-5-1-2-6-19(16)20-7-3-4-8-21(20)22/h3-15H,1-2H2. The summed E-state index contributed by atoms with van der Waals surface area (Å²) in [6.45, 7) is 0. The van der Waals surface area contributed by atoms with Gasteiger partial charge in [-0.1, -0.05) is 58.4 Å². The minimum Gasteiger partial charge on any atom is -0.456 e. The molecule has 0 amide bonds. The first-order valence-corrected chi connectivity index (χ1v) is 10.4. The molecule has 0 fully saturated rings. The van der Waals surface area contributed by atoms with Gasteiger partial charge < -0.3 is 4.42 Å². The van der Waals surface area contributed by atoms with Crippen molar-refractivity contribution in [3.8, 4) is 11.1 Å². The summed E-state index contributed by atoms with van der Waals surface area (Å²) in [5.41, 5.74) is 4.37. The molecule has 0 bridgehead atoms. The Balaban J connectivity index is 1.71. The van der Waals surface area contributed by atoms with Crippen molar-refractivity contribution in [2.45, 2.75) is 12.8 Å². The van der Waals surface area contributed by atoms with Crippen LogP contribution in [0, 0.1) is 0 Å². The maximum Gasteiger partial charge on any atom is 0.135 e. The van der Waals surface area contributed by atoms with Crippen LogP contribution in [0.25, 0.3) is 56.0 Å². The van der Waals surface area contributed by atoms with Gasteiger partial charge in [-0.25, -0.2) is 0 Å². The number of rotatable bonds is 1. The van der Waals surface area contributed by atoms with E-state index in [-0.39, 0.29) is 0 Å². The highest BCUT2D eigenvalue weighted by molar-refractivity contribution is 9.10. The summed E-state index contributed by atoms with van der Waals surface area (Å²) in [6.07, 6.45) is 6.99. The van der Waals surface area contributed by atoms with Gasteiger partial charge in [0.25, 0.3) is 0 Å². The molecule has 1 aromatic heterocycles. The third-order valence-corrected chi connectivity index (χ3v) is 6.23. The van der Waals surface area contributed by atoms with Crippen LogP contribution in [-0.4, -0.2) is 0 Å². The molecule has 4 aromatic carbocycles. The Morgan fingerprint density at radius 2 is 1.43 bits per heavy atom. The summed E-state index contributed by atoms with van der Waals surface area (Å²) >= 11 is 3.59. The molecule has 0 radical (unpaired) electrons. The fraction of sp³-hybridized carbons (Fsp3) is 0.0769. The van der Waals surface area contributed by atoms with E-state index in [0.717, 1.165) is 39.3 Å². The quantitative estimate of drug-likeness (QED) is 0.298. The maximum absolute atomic E-state index is 6.04. The molecule has 5 aromatic rings. The topological polar surface area (TPSA) is 13.1 Å². The lowest BCUT2D eigenvalue weighted by Crippen LogP contribution is -2.27. The lowest BCUT2D eigenvalue weighted by molar-refractivity contribution is 0.669. The molecular formula is C26H17BrO. The summed E-state index contributed by atoms with van der Waals surface area (Å²) in [4.78, 5) is 0. The van der Waals surface area contributed by atoms with Crippen molar-refractivity contribution in [2.24, 2.45) is 0 Å². The fourth-order valence-corrected chi connectivity index (χ4v) is 4.80. The van der Waals surface area contributed by atoms with Crippen molar-refractivity contribution in [3.63, 3.8) is 0 Å². The van der Waals surface area contributed by atoms with Gasteiger partial charge in [-0.15, -0.1) is 0 Å². The second-order valence-electron chi connectivity index (χ2n) is 7.41. The average Bonchev–Trinajstić information content (AvgIpc) is 3.10. The van der Waals surface area contributed by atoms with Crippen molar-refractivity contribution < 1.29 is 4.42 Å². The number of hydrogen-bond acceptors (Lipinski definition) is 1. The summed E-state index contributed by atoms with van der Waals surface area (Å²) in [7, 11) is 0. The van der Waals surface area contributed by atoms with Crippen molar-refractivity contribution in [1.82, 2.24) is 0 Å². The highest BCUT2D eigenvalue weighted by atomic mass is 79.9. The third kappa shape index (κ3) is 2.38. The summed E-state index contributed by atoms with van der Waals surface area (Å²) in [5, 5.41) is 7.68. The van der Waals surface area contributed by atoms with Crippen LogP contribution in [0.3, 0.4) is 0 Å². The Morgan fingerprint density at radius 3 is 2.32 bits per heavy atom. The molecule has 1 aliphatic carbocycles. The Bertz CT molecular complexity index is 1520. The van der Waals surface area contributed by atoms with Gasteiger partial charge in [-0.3, -0.25) is 0 Å². The number of benzene rings is 4.